The second kappa shape index (κ2) is 8.10. The van der Waals surface area contributed by atoms with Gasteiger partial charge in [0.15, 0.2) is 0 Å². The molecule has 3 rings (SSSR count). The number of rotatable bonds is 5. The van der Waals surface area contributed by atoms with Gasteiger partial charge in [-0.25, -0.2) is 4.98 Å². The highest BCUT2D eigenvalue weighted by atomic mass is 32.1. The Morgan fingerprint density at radius 3 is 2.72 bits per heavy atom. The number of aromatic nitrogens is 1. The van der Waals surface area contributed by atoms with Crippen LogP contribution in [0.3, 0.4) is 0 Å². The minimum atomic E-state index is 0.0347. The Hall–Kier alpha value is -1.73. The standard InChI is InChI=1S/C18H23N3O2S2/c1-12-20-16(11-24-12)17-4-3-15(25-17)5-8-19-18(23)14-6-9-21(10-7-14)13(2)22/h3-4,11,14H,5-10H2,1-2H3,(H,19,23). The van der Waals surface area contributed by atoms with Crippen molar-refractivity contribution in [1.29, 1.82) is 0 Å². The van der Waals surface area contributed by atoms with E-state index in [2.05, 4.69) is 27.8 Å². The molecular weight excluding hydrogens is 354 g/mol. The Bertz CT molecular complexity index is 745. The highest BCUT2D eigenvalue weighted by Gasteiger charge is 2.25. The van der Waals surface area contributed by atoms with Crippen molar-refractivity contribution in [2.45, 2.75) is 33.1 Å². The molecule has 7 heteroatoms. The van der Waals surface area contributed by atoms with Gasteiger partial charge in [-0.05, 0) is 38.3 Å². The Morgan fingerprint density at radius 1 is 1.32 bits per heavy atom. The molecule has 0 spiro atoms. The van der Waals surface area contributed by atoms with Gasteiger partial charge in [0, 0.05) is 42.7 Å². The number of thiophene rings is 1. The van der Waals surface area contributed by atoms with Crippen molar-refractivity contribution in [2.75, 3.05) is 19.6 Å². The third-order valence-electron chi connectivity index (χ3n) is 4.51. The van der Waals surface area contributed by atoms with E-state index in [1.165, 1.54) is 9.75 Å². The number of nitrogens with zero attached hydrogens (tertiary/aromatic N) is 2. The van der Waals surface area contributed by atoms with Crippen molar-refractivity contribution in [2.24, 2.45) is 5.92 Å². The van der Waals surface area contributed by atoms with E-state index in [9.17, 15) is 9.59 Å². The average molecular weight is 378 g/mol. The predicted molar refractivity (Wildman–Crippen MR) is 102 cm³/mol. The number of aryl methyl sites for hydroxylation is 1. The van der Waals surface area contributed by atoms with Gasteiger partial charge in [-0.15, -0.1) is 22.7 Å². The molecular formula is C18H23N3O2S2. The summed E-state index contributed by atoms with van der Waals surface area (Å²) in [6, 6.07) is 4.22. The number of likely N-dealkylation sites (tertiary alicyclic amines) is 1. The molecule has 2 amide bonds. The smallest absolute Gasteiger partial charge is 0.223 e. The van der Waals surface area contributed by atoms with E-state index in [4.69, 9.17) is 0 Å². The number of carbonyl (C=O) groups is 2. The van der Waals surface area contributed by atoms with E-state index in [1.54, 1.807) is 29.6 Å². The van der Waals surface area contributed by atoms with Crippen molar-refractivity contribution in [3.8, 4) is 10.6 Å². The van der Waals surface area contributed by atoms with Crippen LogP contribution in [0.4, 0.5) is 0 Å². The first-order valence-electron chi connectivity index (χ1n) is 8.57. The topological polar surface area (TPSA) is 62.3 Å². The number of hydrogen-bond acceptors (Lipinski definition) is 5. The lowest BCUT2D eigenvalue weighted by atomic mass is 9.96. The average Bonchev–Trinajstić information content (AvgIpc) is 3.23. The van der Waals surface area contributed by atoms with E-state index in [1.807, 2.05) is 11.8 Å². The van der Waals surface area contributed by atoms with Gasteiger partial charge < -0.3 is 10.2 Å². The SMILES string of the molecule is CC(=O)N1CCC(C(=O)NCCc2ccc(-c3csc(C)n3)s2)CC1. The summed E-state index contributed by atoms with van der Waals surface area (Å²) in [7, 11) is 0. The van der Waals surface area contributed by atoms with Gasteiger partial charge in [-0.1, -0.05) is 0 Å². The van der Waals surface area contributed by atoms with E-state index < -0.39 is 0 Å². The number of amides is 2. The summed E-state index contributed by atoms with van der Waals surface area (Å²) in [6.45, 7) is 5.63. The first-order valence-corrected chi connectivity index (χ1v) is 10.3. The van der Waals surface area contributed by atoms with Crippen LogP contribution in [0.2, 0.25) is 0 Å². The second-order valence-corrected chi connectivity index (χ2v) is 8.57. The maximum Gasteiger partial charge on any atom is 0.223 e. The maximum absolute atomic E-state index is 12.3. The molecule has 0 unspecified atom stereocenters. The van der Waals surface area contributed by atoms with E-state index >= 15 is 0 Å². The van der Waals surface area contributed by atoms with Crippen LogP contribution in [0.5, 0.6) is 0 Å². The lowest BCUT2D eigenvalue weighted by Crippen LogP contribution is -2.42. The summed E-state index contributed by atoms with van der Waals surface area (Å²) in [5.74, 6) is 0.255. The number of carbonyl (C=O) groups excluding carboxylic acids is 2. The zero-order valence-corrected chi connectivity index (χ0v) is 16.2. The molecule has 1 saturated heterocycles. The van der Waals surface area contributed by atoms with Gasteiger partial charge in [-0.3, -0.25) is 9.59 Å². The highest BCUT2D eigenvalue weighted by molar-refractivity contribution is 7.16. The summed E-state index contributed by atoms with van der Waals surface area (Å²) in [4.78, 5) is 32.4. The predicted octanol–water partition coefficient (Wildman–Crippen LogP) is 3.10. The third kappa shape index (κ3) is 4.67. The van der Waals surface area contributed by atoms with Crippen LogP contribution < -0.4 is 5.32 Å². The summed E-state index contributed by atoms with van der Waals surface area (Å²) in [5, 5.41) is 6.21. The van der Waals surface area contributed by atoms with Gasteiger partial charge in [-0.2, -0.15) is 0 Å². The Kier molecular flexibility index (Phi) is 5.86. The van der Waals surface area contributed by atoms with Crippen molar-refractivity contribution in [3.63, 3.8) is 0 Å². The van der Waals surface area contributed by atoms with Gasteiger partial charge in [0.1, 0.15) is 0 Å². The Balaban J connectivity index is 1.43. The molecule has 2 aromatic rings. The van der Waals surface area contributed by atoms with E-state index in [0.717, 1.165) is 30.0 Å². The first-order chi connectivity index (χ1) is 12.0. The number of thiazole rings is 1. The molecule has 134 valence electrons. The van der Waals surface area contributed by atoms with Crippen LogP contribution in [-0.2, 0) is 16.0 Å². The highest BCUT2D eigenvalue weighted by Crippen LogP contribution is 2.29. The van der Waals surface area contributed by atoms with Gasteiger partial charge in [0.2, 0.25) is 11.8 Å². The second-order valence-electron chi connectivity index (χ2n) is 6.34. The Labute approximate surface area is 156 Å². The van der Waals surface area contributed by atoms with Crippen molar-refractivity contribution < 1.29 is 9.59 Å². The molecule has 1 aliphatic heterocycles. The third-order valence-corrected chi connectivity index (χ3v) is 6.46. The minimum absolute atomic E-state index is 0.0347. The molecule has 0 saturated carbocycles. The largest absolute Gasteiger partial charge is 0.355 e. The first kappa shape index (κ1) is 18.1. The molecule has 1 fully saturated rings. The summed E-state index contributed by atoms with van der Waals surface area (Å²) < 4.78 is 0. The summed E-state index contributed by atoms with van der Waals surface area (Å²) >= 11 is 3.40. The van der Waals surface area contributed by atoms with Gasteiger partial charge >= 0.3 is 0 Å². The van der Waals surface area contributed by atoms with Gasteiger partial charge in [0.25, 0.3) is 0 Å². The van der Waals surface area contributed by atoms with Crippen LogP contribution in [0.1, 0.15) is 29.7 Å². The lowest BCUT2D eigenvalue weighted by molar-refractivity contribution is -0.133. The Morgan fingerprint density at radius 2 is 2.08 bits per heavy atom. The molecule has 2 aromatic heterocycles. The molecule has 0 aromatic carbocycles. The number of piperidine rings is 1. The molecule has 0 radical (unpaired) electrons. The molecule has 1 N–H and O–H groups in total. The summed E-state index contributed by atoms with van der Waals surface area (Å²) in [5.41, 5.74) is 1.04. The molecule has 3 heterocycles. The molecule has 1 aliphatic rings. The lowest BCUT2D eigenvalue weighted by Gasteiger charge is -2.30. The van der Waals surface area contributed by atoms with Crippen molar-refractivity contribution in [1.82, 2.24) is 15.2 Å². The molecule has 0 bridgehead atoms. The molecule has 0 atom stereocenters. The van der Waals surface area contributed by atoms with Crippen LogP contribution in [0, 0.1) is 12.8 Å². The van der Waals surface area contributed by atoms with Crippen LogP contribution in [0.25, 0.3) is 10.6 Å². The fourth-order valence-electron chi connectivity index (χ4n) is 3.04. The fraction of sp³-hybridized carbons (Fsp3) is 0.500. The summed E-state index contributed by atoms with van der Waals surface area (Å²) in [6.07, 6.45) is 2.36. The molecule has 5 nitrogen and oxygen atoms in total. The van der Waals surface area contributed by atoms with Crippen molar-refractivity contribution >= 4 is 34.5 Å². The zero-order chi connectivity index (χ0) is 17.8. The normalized spacial score (nSPS) is 15.4. The van der Waals surface area contributed by atoms with Gasteiger partial charge in [0.05, 0.1) is 15.6 Å². The maximum atomic E-state index is 12.3. The quantitative estimate of drug-likeness (QED) is 0.871. The number of hydrogen-bond donors (Lipinski definition) is 1. The fourth-order valence-corrected chi connectivity index (χ4v) is 4.69. The minimum Gasteiger partial charge on any atom is -0.355 e. The van der Waals surface area contributed by atoms with Crippen LogP contribution >= 0.6 is 22.7 Å². The van der Waals surface area contributed by atoms with E-state index in [-0.39, 0.29) is 17.7 Å². The number of nitrogens with one attached hydrogen (secondary N) is 1. The van der Waals surface area contributed by atoms with Crippen LogP contribution in [-0.4, -0.2) is 41.3 Å². The van der Waals surface area contributed by atoms with Crippen molar-refractivity contribution in [3.05, 3.63) is 27.4 Å². The molecule has 25 heavy (non-hydrogen) atoms. The van der Waals surface area contributed by atoms with E-state index in [0.29, 0.717) is 19.6 Å². The van der Waals surface area contributed by atoms with Crippen LogP contribution in [0.15, 0.2) is 17.5 Å². The molecule has 0 aliphatic carbocycles. The monoisotopic (exact) mass is 377 g/mol. The zero-order valence-electron chi connectivity index (χ0n) is 14.6.